The van der Waals surface area contributed by atoms with Gasteiger partial charge in [-0.1, -0.05) is 13.8 Å². The van der Waals surface area contributed by atoms with E-state index in [1.165, 1.54) is 11.3 Å². The first-order chi connectivity index (χ1) is 12.9. The highest BCUT2D eigenvalue weighted by atomic mass is 35.5. The van der Waals surface area contributed by atoms with Gasteiger partial charge in [0.1, 0.15) is 11.5 Å². The largest absolute Gasteiger partial charge is 0.490 e. The van der Waals surface area contributed by atoms with Crippen molar-refractivity contribution in [3.05, 3.63) is 22.6 Å². The first-order valence-electron chi connectivity index (χ1n) is 9.21. The maximum absolute atomic E-state index is 11.6. The van der Waals surface area contributed by atoms with Crippen molar-refractivity contribution >= 4 is 34.0 Å². The van der Waals surface area contributed by atoms with Crippen LogP contribution in [0.5, 0.6) is 11.5 Å². The summed E-state index contributed by atoms with van der Waals surface area (Å²) in [5, 5.41) is 3.32. The summed E-state index contributed by atoms with van der Waals surface area (Å²) >= 11 is 7.07. The number of nitrogens with zero attached hydrogens (tertiary/aromatic N) is 1. The van der Waals surface area contributed by atoms with Crippen LogP contribution in [0.2, 0.25) is 0 Å². The molecule has 1 amide bonds. The zero-order valence-electron chi connectivity index (χ0n) is 16.1. The second-order valence-corrected chi connectivity index (χ2v) is 8.53. The molecule has 0 saturated carbocycles. The Balaban J connectivity index is 2.03. The number of anilines is 1. The molecular formula is C20H25ClN2O3S. The van der Waals surface area contributed by atoms with E-state index in [9.17, 15) is 4.79 Å². The van der Waals surface area contributed by atoms with Crippen LogP contribution in [0.25, 0.3) is 11.3 Å². The molecule has 0 bridgehead atoms. The van der Waals surface area contributed by atoms with Gasteiger partial charge in [0.15, 0.2) is 16.6 Å². The Morgan fingerprint density at radius 2 is 2.19 bits per heavy atom. The number of aryl methyl sites for hydroxylation is 1. The van der Waals surface area contributed by atoms with Gasteiger partial charge >= 0.3 is 0 Å². The molecule has 1 aromatic heterocycles. The number of thiazole rings is 1. The van der Waals surface area contributed by atoms with Crippen LogP contribution in [-0.2, 0) is 17.6 Å². The van der Waals surface area contributed by atoms with E-state index in [2.05, 4.69) is 44.1 Å². The van der Waals surface area contributed by atoms with Crippen LogP contribution in [0.1, 0.15) is 44.6 Å². The van der Waals surface area contributed by atoms with Gasteiger partial charge in [0.2, 0.25) is 5.91 Å². The smallest absolute Gasteiger partial charge is 0.241 e. The summed E-state index contributed by atoms with van der Waals surface area (Å²) in [5.74, 6) is 1.25. The van der Waals surface area contributed by atoms with Gasteiger partial charge in [-0.15, -0.1) is 22.9 Å². The Hall–Kier alpha value is -1.79. The van der Waals surface area contributed by atoms with Crippen molar-refractivity contribution in [1.82, 2.24) is 4.98 Å². The Kier molecular flexibility index (Phi) is 5.96. The van der Waals surface area contributed by atoms with E-state index in [4.69, 9.17) is 21.1 Å². The summed E-state index contributed by atoms with van der Waals surface area (Å²) in [6.07, 6.45) is 2.57. The van der Waals surface area contributed by atoms with Gasteiger partial charge < -0.3 is 14.8 Å². The molecule has 5 nitrogen and oxygen atoms in total. The number of amides is 1. The fraction of sp³-hybridized carbons (Fsp3) is 0.500. The third kappa shape index (κ3) is 4.38. The van der Waals surface area contributed by atoms with E-state index in [0.717, 1.165) is 52.5 Å². The van der Waals surface area contributed by atoms with Gasteiger partial charge in [-0.2, -0.15) is 0 Å². The van der Waals surface area contributed by atoms with Crippen LogP contribution < -0.4 is 14.8 Å². The number of hydrogen-bond acceptors (Lipinski definition) is 5. The quantitative estimate of drug-likeness (QED) is 0.651. The monoisotopic (exact) mass is 408 g/mol. The molecule has 0 radical (unpaired) electrons. The molecule has 2 aromatic rings. The second kappa shape index (κ2) is 8.07. The van der Waals surface area contributed by atoms with Gasteiger partial charge in [-0.05, 0) is 38.8 Å². The van der Waals surface area contributed by atoms with E-state index >= 15 is 0 Å². The van der Waals surface area contributed by atoms with E-state index in [0.29, 0.717) is 11.7 Å². The predicted octanol–water partition coefficient (Wildman–Crippen LogP) is 5.05. The van der Waals surface area contributed by atoms with Gasteiger partial charge in [-0.25, -0.2) is 4.98 Å². The maximum Gasteiger partial charge on any atom is 0.241 e. The van der Waals surface area contributed by atoms with Crippen molar-refractivity contribution in [2.75, 3.05) is 17.8 Å². The summed E-state index contributed by atoms with van der Waals surface area (Å²) in [5.41, 5.74) is 2.74. The summed E-state index contributed by atoms with van der Waals surface area (Å²) in [4.78, 5) is 17.4. The molecule has 27 heavy (non-hydrogen) atoms. The lowest BCUT2D eigenvalue weighted by Gasteiger charge is -2.18. The molecule has 0 unspecified atom stereocenters. The normalized spacial score (nSPS) is 14.6. The maximum atomic E-state index is 11.6. The molecule has 0 spiro atoms. The molecule has 0 aliphatic carbocycles. The van der Waals surface area contributed by atoms with Crippen LogP contribution in [0.3, 0.4) is 0 Å². The highest BCUT2D eigenvalue weighted by Gasteiger charge is 2.33. The predicted molar refractivity (Wildman–Crippen MR) is 110 cm³/mol. The number of fused-ring (bicyclic) bond motifs is 1. The molecule has 1 aliphatic heterocycles. The molecule has 2 heterocycles. The molecule has 0 saturated heterocycles. The number of alkyl halides is 1. The lowest BCUT2D eigenvalue weighted by Crippen LogP contribution is -2.24. The average Bonchev–Trinajstić information content (AvgIpc) is 3.17. The van der Waals surface area contributed by atoms with Crippen molar-refractivity contribution < 1.29 is 14.3 Å². The van der Waals surface area contributed by atoms with Gasteiger partial charge in [0.25, 0.3) is 0 Å². The number of carbonyl (C=O) groups is 1. The van der Waals surface area contributed by atoms with E-state index in [-0.39, 0.29) is 17.4 Å². The highest BCUT2D eigenvalue weighted by molar-refractivity contribution is 7.16. The van der Waals surface area contributed by atoms with Crippen molar-refractivity contribution in [1.29, 1.82) is 0 Å². The summed E-state index contributed by atoms with van der Waals surface area (Å²) in [6.45, 7) is 8.95. The van der Waals surface area contributed by atoms with Crippen molar-refractivity contribution in [2.24, 2.45) is 0 Å². The Morgan fingerprint density at radius 1 is 1.41 bits per heavy atom. The van der Waals surface area contributed by atoms with Crippen molar-refractivity contribution in [3.8, 4) is 22.8 Å². The van der Waals surface area contributed by atoms with Gasteiger partial charge in [0, 0.05) is 22.4 Å². The average molecular weight is 409 g/mol. The molecule has 1 N–H and O–H groups in total. The molecule has 0 atom stereocenters. The Bertz CT molecular complexity index is 848. The summed E-state index contributed by atoms with van der Waals surface area (Å²) in [7, 11) is 0. The third-order valence-electron chi connectivity index (χ3n) is 4.25. The number of hydrogen-bond donors (Lipinski definition) is 1. The number of rotatable bonds is 7. The fourth-order valence-corrected chi connectivity index (χ4v) is 4.16. The summed E-state index contributed by atoms with van der Waals surface area (Å²) in [6, 6.07) is 4.13. The molecule has 3 rings (SSSR count). The minimum absolute atomic E-state index is 0.0867. The molecule has 7 heteroatoms. The standard InChI is InChI=1S/C20H25ClN2O3S/c1-5-7-25-14-9-12(8-13-10-20(3,4)26-18(13)14)17-15(6-2)27-19(23-17)22-16(24)11-21/h8-9H,5-7,10-11H2,1-4H3,(H,22,23,24). The van der Waals surface area contributed by atoms with E-state index in [1.807, 2.05) is 6.07 Å². The van der Waals surface area contributed by atoms with E-state index < -0.39 is 0 Å². The molecule has 1 aromatic carbocycles. The number of aromatic nitrogens is 1. The lowest BCUT2D eigenvalue weighted by atomic mass is 9.98. The zero-order valence-corrected chi connectivity index (χ0v) is 17.7. The minimum Gasteiger partial charge on any atom is -0.490 e. The molecule has 0 fully saturated rings. The number of halogens is 1. The van der Waals surface area contributed by atoms with Crippen LogP contribution in [0.15, 0.2) is 12.1 Å². The van der Waals surface area contributed by atoms with Crippen molar-refractivity contribution in [2.45, 2.75) is 52.6 Å². The van der Waals surface area contributed by atoms with Crippen LogP contribution in [0.4, 0.5) is 5.13 Å². The number of ether oxygens (including phenoxy) is 2. The first-order valence-corrected chi connectivity index (χ1v) is 10.6. The topological polar surface area (TPSA) is 60.5 Å². The molecule has 146 valence electrons. The fourth-order valence-electron chi connectivity index (χ4n) is 3.16. The van der Waals surface area contributed by atoms with Crippen LogP contribution in [-0.4, -0.2) is 29.0 Å². The van der Waals surface area contributed by atoms with Crippen molar-refractivity contribution in [3.63, 3.8) is 0 Å². The minimum atomic E-state index is -0.254. The Morgan fingerprint density at radius 3 is 2.85 bits per heavy atom. The zero-order chi connectivity index (χ0) is 19.6. The second-order valence-electron chi connectivity index (χ2n) is 7.18. The van der Waals surface area contributed by atoms with Gasteiger partial charge in [0.05, 0.1) is 12.3 Å². The number of benzene rings is 1. The van der Waals surface area contributed by atoms with Crippen LogP contribution in [0, 0.1) is 0 Å². The highest BCUT2D eigenvalue weighted by Crippen LogP contribution is 2.45. The third-order valence-corrected chi connectivity index (χ3v) is 5.61. The number of carbonyl (C=O) groups excluding carboxylic acids is 1. The first kappa shape index (κ1) is 20.0. The molecule has 1 aliphatic rings. The SMILES string of the molecule is CCCOc1cc(-c2nc(NC(=O)CCl)sc2CC)cc2c1OC(C)(C)C2. The summed E-state index contributed by atoms with van der Waals surface area (Å²) < 4.78 is 12.1. The Labute approximate surface area is 169 Å². The molecular weight excluding hydrogens is 384 g/mol. The van der Waals surface area contributed by atoms with E-state index in [1.54, 1.807) is 0 Å². The lowest BCUT2D eigenvalue weighted by molar-refractivity contribution is -0.113. The van der Waals surface area contributed by atoms with Gasteiger partial charge in [-0.3, -0.25) is 4.79 Å². The van der Waals surface area contributed by atoms with Crippen LogP contribution >= 0.6 is 22.9 Å². The number of nitrogens with one attached hydrogen (secondary N) is 1.